The molecule has 0 aliphatic rings. The molecule has 0 saturated heterocycles. The first-order valence-corrected chi connectivity index (χ1v) is 6.22. The third kappa shape index (κ3) is 3.49. The van der Waals surface area contributed by atoms with Crippen LogP contribution >= 0.6 is 15.9 Å². The Balaban J connectivity index is 2.68. The van der Waals surface area contributed by atoms with E-state index in [-0.39, 0.29) is 0 Å². The van der Waals surface area contributed by atoms with E-state index in [1.165, 1.54) is 6.42 Å². The highest BCUT2D eigenvalue weighted by Gasteiger charge is 2.10. The van der Waals surface area contributed by atoms with Gasteiger partial charge in [-0.1, -0.05) is 20.3 Å². The zero-order valence-corrected chi connectivity index (χ0v) is 11.4. The summed E-state index contributed by atoms with van der Waals surface area (Å²) in [6.07, 6.45) is 3.06. The first-order chi connectivity index (χ1) is 7.04. The second-order valence-corrected chi connectivity index (χ2v) is 4.90. The minimum Gasteiger partial charge on any atom is -0.381 e. The molecule has 2 unspecified atom stereocenters. The summed E-state index contributed by atoms with van der Waals surface area (Å²) in [6.45, 7) is 8.74. The van der Waals surface area contributed by atoms with Crippen LogP contribution in [-0.4, -0.2) is 11.0 Å². The van der Waals surface area contributed by atoms with Crippen LogP contribution < -0.4 is 5.32 Å². The van der Waals surface area contributed by atoms with E-state index in [2.05, 4.69) is 60.0 Å². The first kappa shape index (κ1) is 12.5. The van der Waals surface area contributed by atoms with E-state index < -0.39 is 0 Å². The quantitative estimate of drug-likeness (QED) is 0.837. The molecule has 1 aromatic rings. The Morgan fingerprint density at radius 3 is 2.67 bits per heavy atom. The number of halogens is 1. The molecular weight excluding hydrogens is 252 g/mol. The molecule has 0 aliphatic carbocycles. The molecule has 15 heavy (non-hydrogen) atoms. The number of rotatable bonds is 4. The van der Waals surface area contributed by atoms with Gasteiger partial charge in [0.1, 0.15) is 4.60 Å². The maximum absolute atomic E-state index is 4.27. The van der Waals surface area contributed by atoms with Gasteiger partial charge in [-0.15, -0.1) is 0 Å². The van der Waals surface area contributed by atoms with Crippen LogP contribution in [0.25, 0.3) is 0 Å². The minimum absolute atomic E-state index is 0.484. The van der Waals surface area contributed by atoms with Crippen LogP contribution in [0.1, 0.15) is 32.8 Å². The van der Waals surface area contributed by atoms with Crippen molar-refractivity contribution in [2.45, 2.75) is 40.2 Å². The fraction of sp³-hybridized carbons (Fsp3) is 0.583. The summed E-state index contributed by atoms with van der Waals surface area (Å²) in [5, 5.41) is 3.48. The molecule has 0 aliphatic heterocycles. The number of pyridine rings is 1. The minimum atomic E-state index is 0.484. The smallest absolute Gasteiger partial charge is 0.109 e. The number of aromatic nitrogens is 1. The van der Waals surface area contributed by atoms with E-state index in [1.807, 2.05) is 6.20 Å². The van der Waals surface area contributed by atoms with Crippen molar-refractivity contribution in [1.29, 1.82) is 0 Å². The Kier molecular flexibility index (Phi) is 4.58. The monoisotopic (exact) mass is 270 g/mol. The van der Waals surface area contributed by atoms with Gasteiger partial charge >= 0.3 is 0 Å². The summed E-state index contributed by atoms with van der Waals surface area (Å²) >= 11 is 3.40. The van der Waals surface area contributed by atoms with Gasteiger partial charge in [-0.05, 0) is 47.3 Å². The van der Waals surface area contributed by atoms with E-state index in [0.717, 1.165) is 15.9 Å². The molecule has 84 valence electrons. The van der Waals surface area contributed by atoms with Gasteiger partial charge in [-0.25, -0.2) is 4.98 Å². The summed E-state index contributed by atoms with van der Waals surface area (Å²) in [4.78, 5) is 4.27. The standard InChI is InChI=1S/C12H19BrN2/c1-5-8(2)10(4)15-11-6-9(3)12(13)14-7-11/h6-8,10,15H,5H2,1-4H3. The Hall–Kier alpha value is -0.570. The fourth-order valence-electron chi connectivity index (χ4n) is 1.40. The molecule has 1 rings (SSSR count). The maximum atomic E-state index is 4.27. The highest BCUT2D eigenvalue weighted by molar-refractivity contribution is 9.10. The van der Waals surface area contributed by atoms with Crippen LogP contribution in [0.5, 0.6) is 0 Å². The molecule has 0 fully saturated rings. The molecule has 2 nitrogen and oxygen atoms in total. The van der Waals surface area contributed by atoms with Gasteiger partial charge in [0.25, 0.3) is 0 Å². The Bertz CT molecular complexity index is 325. The van der Waals surface area contributed by atoms with Crippen LogP contribution in [0, 0.1) is 12.8 Å². The van der Waals surface area contributed by atoms with Crippen molar-refractivity contribution in [3.8, 4) is 0 Å². The second-order valence-electron chi connectivity index (χ2n) is 4.15. The van der Waals surface area contributed by atoms with Crippen molar-refractivity contribution in [3.05, 3.63) is 22.4 Å². The average Bonchev–Trinajstić information content (AvgIpc) is 2.22. The van der Waals surface area contributed by atoms with Crippen LogP contribution in [0.3, 0.4) is 0 Å². The first-order valence-electron chi connectivity index (χ1n) is 5.43. The average molecular weight is 271 g/mol. The van der Waals surface area contributed by atoms with Gasteiger partial charge in [0.15, 0.2) is 0 Å². The summed E-state index contributed by atoms with van der Waals surface area (Å²) < 4.78 is 0.921. The molecule has 1 N–H and O–H groups in total. The Morgan fingerprint density at radius 2 is 2.13 bits per heavy atom. The molecule has 1 heterocycles. The largest absolute Gasteiger partial charge is 0.381 e. The van der Waals surface area contributed by atoms with Crippen molar-refractivity contribution < 1.29 is 0 Å². The lowest BCUT2D eigenvalue weighted by Crippen LogP contribution is -2.23. The number of hydrogen-bond acceptors (Lipinski definition) is 2. The SMILES string of the molecule is CCC(C)C(C)Nc1cnc(Br)c(C)c1. The lowest BCUT2D eigenvalue weighted by Gasteiger charge is -2.21. The molecule has 0 aromatic carbocycles. The number of aryl methyl sites for hydroxylation is 1. The number of hydrogen-bond donors (Lipinski definition) is 1. The molecule has 0 spiro atoms. The van der Waals surface area contributed by atoms with E-state index in [4.69, 9.17) is 0 Å². The lowest BCUT2D eigenvalue weighted by atomic mass is 10.0. The Morgan fingerprint density at radius 1 is 1.47 bits per heavy atom. The van der Waals surface area contributed by atoms with E-state index >= 15 is 0 Å². The van der Waals surface area contributed by atoms with E-state index in [0.29, 0.717) is 12.0 Å². The van der Waals surface area contributed by atoms with Crippen molar-refractivity contribution >= 4 is 21.6 Å². The zero-order valence-electron chi connectivity index (χ0n) is 9.84. The van der Waals surface area contributed by atoms with Crippen LogP contribution in [0.4, 0.5) is 5.69 Å². The Labute approximate surface area is 101 Å². The highest BCUT2D eigenvalue weighted by atomic mass is 79.9. The summed E-state index contributed by atoms with van der Waals surface area (Å²) in [5.74, 6) is 0.675. The van der Waals surface area contributed by atoms with Crippen LogP contribution in [0.2, 0.25) is 0 Å². The molecule has 0 amide bonds. The van der Waals surface area contributed by atoms with Crippen molar-refractivity contribution in [2.75, 3.05) is 5.32 Å². The molecule has 3 heteroatoms. The van der Waals surface area contributed by atoms with Crippen LogP contribution in [-0.2, 0) is 0 Å². The van der Waals surface area contributed by atoms with Crippen LogP contribution in [0.15, 0.2) is 16.9 Å². The molecule has 0 radical (unpaired) electrons. The van der Waals surface area contributed by atoms with Gasteiger partial charge < -0.3 is 5.32 Å². The predicted octanol–water partition coefficient (Wildman–Crippen LogP) is 4.00. The highest BCUT2D eigenvalue weighted by Crippen LogP contribution is 2.19. The van der Waals surface area contributed by atoms with Crippen molar-refractivity contribution in [1.82, 2.24) is 4.98 Å². The summed E-state index contributed by atoms with van der Waals surface area (Å²) in [6, 6.07) is 2.60. The van der Waals surface area contributed by atoms with Gasteiger partial charge in [-0.2, -0.15) is 0 Å². The molecular formula is C12H19BrN2. The van der Waals surface area contributed by atoms with Gasteiger partial charge in [-0.3, -0.25) is 0 Å². The topological polar surface area (TPSA) is 24.9 Å². The normalized spacial score (nSPS) is 14.7. The second kappa shape index (κ2) is 5.50. The zero-order chi connectivity index (χ0) is 11.4. The van der Waals surface area contributed by atoms with Gasteiger partial charge in [0, 0.05) is 6.04 Å². The molecule has 2 atom stereocenters. The lowest BCUT2D eigenvalue weighted by molar-refractivity contribution is 0.494. The third-order valence-electron chi connectivity index (χ3n) is 2.91. The number of anilines is 1. The molecule has 0 bridgehead atoms. The van der Waals surface area contributed by atoms with Gasteiger partial charge in [0.05, 0.1) is 11.9 Å². The van der Waals surface area contributed by atoms with Crippen molar-refractivity contribution in [2.24, 2.45) is 5.92 Å². The third-order valence-corrected chi connectivity index (χ3v) is 3.74. The maximum Gasteiger partial charge on any atom is 0.109 e. The van der Waals surface area contributed by atoms with Gasteiger partial charge in [0.2, 0.25) is 0 Å². The molecule has 1 aromatic heterocycles. The fourth-order valence-corrected chi connectivity index (χ4v) is 1.61. The summed E-state index contributed by atoms with van der Waals surface area (Å²) in [5.41, 5.74) is 2.26. The predicted molar refractivity (Wildman–Crippen MR) is 69.2 cm³/mol. The van der Waals surface area contributed by atoms with Crippen molar-refractivity contribution in [3.63, 3.8) is 0 Å². The van der Waals surface area contributed by atoms with E-state index in [1.54, 1.807) is 0 Å². The van der Waals surface area contributed by atoms with E-state index in [9.17, 15) is 0 Å². The summed E-state index contributed by atoms with van der Waals surface area (Å²) in [7, 11) is 0. The number of nitrogens with zero attached hydrogens (tertiary/aromatic N) is 1. The molecule has 0 saturated carbocycles. The number of nitrogens with one attached hydrogen (secondary N) is 1.